The van der Waals surface area contributed by atoms with Crippen molar-refractivity contribution in [3.63, 3.8) is 0 Å². The van der Waals surface area contributed by atoms with E-state index in [-0.39, 0.29) is 5.91 Å². The van der Waals surface area contributed by atoms with E-state index in [1.54, 1.807) is 31.4 Å². The Kier molecular flexibility index (Phi) is 4.84. The van der Waals surface area contributed by atoms with E-state index in [9.17, 15) is 9.59 Å². The number of amides is 1. The summed E-state index contributed by atoms with van der Waals surface area (Å²) in [6.07, 6.45) is 1.89. The molecule has 3 aromatic rings. The van der Waals surface area contributed by atoms with E-state index in [0.717, 1.165) is 10.8 Å². The molecule has 0 aliphatic rings. The number of carbonyl (C=O) groups is 2. The van der Waals surface area contributed by atoms with E-state index in [1.165, 1.54) is 6.92 Å². The van der Waals surface area contributed by atoms with Gasteiger partial charge in [-0.3, -0.25) is 9.59 Å². The van der Waals surface area contributed by atoms with Crippen LogP contribution in [0.5, 0.6) is 5.75 Å². The van der Waals surface area contributed by atoms with Gasteiger partial charge in [-0.25, -0.2) is 0 Å². The summed E-state index contributed by atoms with van der Waals surface area (Å²) < 4.78 is 11.0. The van der Waals surface area contributed by atoms with Gasteiger partial charge in [-0.1, -0.05) is 37.3 Å². The van der Waals surface area contributed by atoms with Gasteiger partial charge in [0.15, 0.2) is 0 Å². The first-order valence-corrected chi connectivity index (χ1v) is 8.13. The highest BCUT2D eigenvalue weighted by molar-refractivity contribution is 5.90. The van der Waals surface area contributed by atoms with Crippen molar-refractivity contribution in [1.29, 1.82) is 0 Å². The first-order valence-electron chi connectivity index (χ1n) is 8.13. The first kappa shape index (κ1) is 16.8. The molecule has 5 heteroatoms. The molecule has 0 radical (unpaired) electrons. The van der Waals surface area contributed by atoms with Gasteiger partial charge in [0.1, 0.15) is 17.6 Å². The molecule has 1 N–H and O–H groups in total. The van der Waals surface area contributed by atoms with Gasteiger partial charge in [-0.2, -0.15) is 0 Å². The molecule has 1 heterocycles. The second kappa shape index (κ2) is 7.21. The maximum absolute atomic E-state index is 12.1. The quantitative estimate of drug-likeness (QED) is 0.565. The van der Waals surface area contributed by atoms with E-state index in [0.29, 0.717) is 23.5 Å². The van der Waals surface area contributed by atoms with Crippen LogP contribution >= 0.6 is 0 Å². The Morgan fingerprint density at radius 2 is 1.92 bits per heavy atom. The van der Waals surface area contributed by atoms with Crippen LogP contribution < -0.4 is 10.1 Å². The number of fused-ring (bicyclic) bond motifs is 1. The molecule has 128 valence electrons. The van der Waals surface area contributed by atoms with Crippen molar-refractivity contribution >= 4 is 22.6 Å². The van der Waals surface area contributed by atoms with E-state index in [4.69, 9.17) is 9.15 Å². The zero-order valence-corrected chi connectivity index (χ0v) is 14.1. The van der Waals surface area contributed by atoms with Gasteiger partial charge in [0.25, 0.3) is 0 Å². The lowest BCUT2D eigenvalue weighted by molar-refractivity contribution is -0.131. The summed E-state index contributed by atoms with van der Waals surface area (Å²) in [5, 5.41) is 4.84. The average molecular weight is 337 g/mol. The van der Waals surface area contributed by atoms with Crippen molar-refractivity contribution in [2.45, 2.75) is 26.3 Å². The molecule has 0 bridgehead atoms. The monoisotopic (exact) mass is 337 g/mol. The second-order valence-electron chi connectivity index (χ2n) is 5.66. The summed E-state index contributed by atoms with van der Waals surface area (Å²) in [6, 6.07) is 14.4. The molecular formula is C20H19NO4. The number of carbonyl (C=O) groups excluding carboxylic acids is 2. The second-order valence-corrected chi connectivity index (χ2v) is 5.66. The fourth-order valence-corrected chi connectivity index (χ4v) is 2.82. The maximum Gasteiger partial charge on any atom is 0.308 e. The Labute approximate surface area is 145 Å². The van der Waals surface area contributed by atoms with Gasteiger partial charge in [0.2, 0.25) is 5.91 Å². The molecule has 3 rings (SSSR count). The molecule has 1 amide bonds. The highest BCUT2D eigenvalue weighted by Gasteiger charge is 2.25. The van der Waals surface area contributed by atoms with Crippen LogP contribution in [0.1, 0.15) is 37.6 Å². The topological polar surface area (TPSA) is 68.5 Å². The van der Waals surface area contributed by atoms with E-state index < -0.39 is 12.0 Å². The third-order valence-electron chi connectivity index (χ3n) is 3.93. The highest BCUT2D eigenvalue weighted by atomic mass is 16.5. The van der Waals surface area contributed by atoms with Gasteiger partial charge < -0.3 is 14.5 Å². The predicted octanol–water partition coefficient (Wildman–Crippen LogP) is 3.97. The van der Waals surface area contributed by atoms with Crippen molar-refractivity contribution in [2.24, 2.45) is 0 Å². The Morgan fingerprint density at radius 3 is 2.60 bits per heavy atom. The Hall–Kier alpha value is -3.08. The van der Waals surface area contributed by atoms with Crippen molar-refractivity contribution in [3.05, 3.63) is 66.1 Å². The fraction of sp³-hybridized carbons (Fsp3) is 0.200. The molecule has 1 atom stereocenters. The number of hydrogen-bond donors (Lipinski definition) is 1. The molecule has 25 heavy (non-hydrogen) atoms. The molecule has 0 spiro atoms. The third-order valence-corrected chi connectivity index (χ3v) is 3.93. The molecule has 0 fully saturated rings. The van der Waals surface area contributed by atoms with E-state index >= 15 is 0 Å². The van der Waals surface area contributed by atoms with E-state index in [2.05, 4.69) is 5.32 Å². The molecule has 1 aromatic heterocycles. The number of hydrogen-bond acceptors (Lipinski definition) is 4. The highest BCUT2D eigenvalue weighted by Crippen LogP contribution is 2.36. The number of rotatable bonds is 5. The summed E-state index contributed by atoms with van der Waals surface area (Å²) in [4.78, 5) is 23.7. The van der Waals surface area contributed by atoms with Crippen LogP contribution in [0, 0.1) is 0 Å². The summed E-state index contributed by atoms with van der Waals surface area (Å²) in [7, 11) is 0. The zero-order valence-electron chi connectivity index (χ0n) is 14.1. The molecule has 2 aromatic carbocycles. The standard InChI is InChI=1S/C20H19NO4/c1-3-18(23)21-20(17-9-6-12-24-17)19-15-8-5-4-7-14(15)10-11-16(19)25-13(2)22/h4-12,20H,3H2,1-2H3,(H,21,23)/t20-/m1/s1. The molecule has 5 nitrogen and oxygen atoms in total. The minimum Gasteiger partial charge on any atom is -0.467 e. The van der Waals surface area contributed by atoms with Crippen molar-refractivity contribution < 1.29 is 18.7 Å². The predicted molar refractivity (Wildman–Crippen MR) is 94.2 cm³/mol. The summed E-state index contributed by atoms with van der Waals surface area (Å²) in [5.74, 6) is 0.440. The molecule has 0 saturated heterocycles. The molecule has 0 unspecified atom stereocenters. The summed E-state index contributed by atoms with van der Waals surface area (Å²) in [5.41, 5.74) is 0.699. The lowest BCUT2D eigenvalue weighted by atomic mass is 9.95. The fourth-order valence-electron chi connectivity index (χ4n) is 2.82. The van der Waals surface area contributed by atoms with Gasteiger partial charge in [-0.15, -0.1) is 0 Å². The number of esters is 1. The van der Waals surface area contributed by atoms with Crippen LogP contribution in [0.15, 0.2) is 59.2 Å². The largest absolute Gasteiger partial charge is 0.467 e. The summed E-state index contributed by atoms with van der Waals surface area (Å²) >= 11 is 0. The van der Waals surface area contributed by atoms with Gasteiger partial charge in [0, 0.05) is 18.9 Å². The van der Waals surface area contributed by atoms with Gasteiger partial charge in [-0.05, 0) is 29.0 Å². The van der Waals surface area contributed by atoms with Crippen LogP contribution in [-0.2, 0) is 9.59 Å². The lowest BCUT2D eigenvalue weighted by Gasteiger charge is -2.21. The number of benzene rings is 2. The van der Waals surface area contributed by atoms with Crippen LogP contribution in [0.25, 0.3) is 10.8 Å². The van der Waals surface area contributed by atoms with E-state index in [1.807, 2.05) is 30.3 Å². The maximum atomic E-state index is 12.1. The summed E-state index contributed by atoms with van der Waals surface area (Å²) in [6.45, 7) is 3.14. The molecule has 0 aliphatic heterocycles. The Morgan fingerprint density at radius 1 is 1.12 bits per heavy atom. The van der Waals surface area contributed by atoms with Gasteiger partial charge in [0.05, 0.1) is 6.26 Å². The minimum atomic E-state index is -0.553. The normalized spacial score (nSPS) is 11.9. The van der Waals surface area contributed by atoms with Crippen LogP contribution in [0.4, 0.5) is 0 Å². The lowest BCUT2D eigenvalue weighted by Crippen LogP contribution is -2.29. The van der Waals surface area contributed by atoms with Gasteiger partial charge >= 0.3 is 5.97 Å². The zero-order chi connectivity index (χ0) is 17.8. The minimum absolute atomic E-state index is 0.122. The average Bonchev–Trinajstić information content (AvgIpc) is 3.13. The molecule has 0 aliphatic carbocycles. The van der Waals surface area contributed by atoms with Crippen LogP contribution in [0.2, 0.25) is 0 Å². The SMILES string of the molecule is CCC(=O)N[C@H](c1ccco1)c1c(OC(C)=O)ccc2ccccc12. The van der Waals surface area contributed by atoms with Crippen molar-refractivity contribution in [3.8, 4) is 5.75 Å². The van der Waals surface area contributed by atoms with Crippen LogP contribution in [-0.4, -0.2) is 11.9 Å². The van der Waals surface area contributed by atoms with Crippen molar-refractivity contribution in [1.82, 2.24) is 5.32 Å². The Bertz CT molecular complexity index is 899. The smallest absolute Gasteiger partial charge is 0.308 e. The number of ether oxygens (including phenoxy) is 1. The third kappa shape index (κ3) is 3.55. The Balaban J connectivity index is 2.23. The van der Waals surface area contributed by atoms with Crippen molar-refractivity contribution in [2.75, 3.05) is 0 Å². The van der Waals surface area contributed by atoms with Crippen LogP contribution in [0.3, 0.4) is 0 Å². The number of nitrogens with one attached hydrogen (secondary N) is 1. The molecule has 0 saturated carbocycles. The number of furan rings is 1. The molecular weight excluding hydrogens is 318 g/mol. The first-order chi connectivity index (χ1) is 12.1.